The average Bonchev–Trinajstić information content (AvgIpc) is 2.83. The van der Waals surface area contributed by atoms with Crippen LogP contribution in [0.1, 0.15) is 98.9 Å². The summed E-state index contributed by atoms with van der Waals surface area (Å²) in [5, 5.41) is 0. The first-order chi connectivity index (χ1) is 15.9. The fourth-order valence-corrected chi connectivity index (χ4v) is 4.73. The normalized spacial score (nSPS) is 11.0. The smallest absolute Gasteiger partial charge is 0.00202 e. The van der Waals surface area contributed by atoms with Gasteiger partial charge in [-0.2, -0.15) is 0 Å². The van der Waals surface area contributed by atoms with Crippen molar-refractivity contribution < 1.29 is 0 Å². The van der Waals surface area contributed by atoms with Gasteiger partial charge in [0.1, 0.15) is 0 Å². The highest BCUT2D eigenvalue weighted by molar-refractivity contribution is 5.42. The molecular formula is C32H42. The van der Waals surface area contributed by atoms with Gasteiger partial charge in [0.05, 0.1) is 0 Å². The summed E-state index contributed by atoms with van der Waals surface area (Å²) in [5.41, 5.74) is 7.42. The van der Waals surface area contributed by atoms with Crippen molar-refractivity contribution in [2.75, 3.05) is 0 Å². The Balaban J connectivity index is 1.56. The summed E-state index contributed by atoms with van der Waals surface area (Å²) in [6, 6.07) is 28.9. The molecule has 3 aromatic rings. The van der Waals surface area contributed by atoms with E-state index in [1.807, 2.05) is 0 Å². The van der Waals surface area contributed by atoms with Gasteiger partial charge in [0.25, 0.3) is 0 Å². The summed E-state index contributed by atoms with van der Waals surface area (Å²) in [4.78, 5) is 0. The van der Waals surface area contributed by atoms with Gasteiger partial charge in [-0.05, 0) is 53.5 Å². The van der Waals surface area contributed by atoms with Crippen LogP contribution in [0.15, 0.2) is 78.9 Å². The lowest BCUT2D eigenvalue weighted by Gasteiger charge is -2.16. The second-order valence-corrected chi connectivity index (χ2v) is 9.31. The molecule has 0 aliphatic heterocycles. The third-order valence-corrected chi connectivity index (χ3v) is 6.63. The molecule has 0 radical (unpaired) electrons. The minimum absolute atomic E-state index is 1.02. The van der Waals surface area contributed by atoms with Crippen molar-refractivity contribution in [2.45, 2.75) is 90.4 Å². The Kier molecular flexibility index (Phi) is 11.1. The largest absolute Gasteiger partial charge is 0.0654 e. The van der Waals surface area contributed by atoms with Crippen LogP contribution >= 0.6 is 0 Å². The van der Waals surface area contributed by atoms with Gasteiger partial charge in [-0.1, -0.05) is 144 Å². The molecule has 0 heteroatoms. The van der Waals surface area contributed by atoms with E-state index in [1.54, 1.807) is 11.1 Å². The molecule has 0 aromatic heterocycles. The standard InChI is InChI=1S/C32H42/c1-2-3-4-5-6-7-8-9-10-17-23-30-24-18-25-31(26-28-19-13-11-14-20-28)32(30)27-29-21-15-12-16-22-29/h11-16,18-22,24-25H,2-10,17,23,26-27H2,1H3. The van der Waals surface area contributed by atoms with Gasteiger partial charge in [-0.25, -0.2) is 0 Å². The molecule has 0 aliphatic rings. The first-order valence-electron chi connectivity index (χ1n) is 13.0. The van der Waals surface area contributed by atoms with Crippen LogP contribution in [0.25, 0.3) is 0 Å². The second kappa shape index (κ2) is 14.7. The summed E-state index contributed by atoms with van der Waals surface area (Å²) in [6.07, 6.45) is 17.2. The Morgan fingerprint density at radius 3 is 1.53 bits per heavy atom. The van der Waals surface area contributed by atoms with E-state index in [4.69, 9.17) is 0 Å². The highest BCUT2D eigenvalue weighted by Crippen LogP contribution is 2.24. The number of aryl methyl sites for hydroxylation is 1. The molecule has 170 valence electrons. The molecule has 32 heavy (non-hydrogen) atoms. The Morgan fingerprint density at radius 2 is 0.938 bits per heavy atom. The van der Waals surface area contributed by atoms with Gasteiger partial charge in [0.2, 0.25) is 0 Å². The highest BCUT2D eigenvalue weighted by atomic mass is 14.1. The lowest BCUT2D eigenvalue weighted by Crippen LogP contribution is -2.03. The van der Waals surface area contributed by atoms with Crippen molar-refractivity contribution in [3.63, 3.8) is 0 Å². The summed E-state index contributed by atoms with van der Waals surface area (Å²) in [6.45, 7) is 2.29. The van der Waals surface area contributed by atoms with Crippen LogP contribution in [0.5, 0.6) is 0 Å². The van der Waals surface area contributed by atoms with Gasteiger partial charge in [-0.15, -0.1) is 0 Å². The molecule has 0 atom stereocenters. The fourth-order valence-electron chi connectivity index (χ4n) is 4.73. The molecule has 0 saturated heterocycles. The van der Waals surface area contributed by atoms with E-state index in [-0.39, 0.29) is 0 Å². The summed E-state index contributed by atoms with van der Waals surface area (Å²) in [7, 11) is 0. The fraction of sp³-hybridized carbons (Fsp3) is 0.438. The van der Waals surface area contributed by atoms with E-state index in [0.29, 0.717) is 0 Å². The number of unbranched alkanes of at least 4 members (excludes halogenated alkanes) is 9. The first kappa shape index (κ1) is 24.3. The Morgan fingerprint density at radius 1 is 0.438 bits per heavy atom. The molecule has 0 bridgehead atoms. The summed E-state index contributed by atoms with van der Waals surface area (Å²) < 4.78 is 0. The van der Waals surface area contributed by atoms with Crippen LogP contribution in [0.2, 0.25) is 0 Å². The number of benzene rings is 3. The maximum absolute atomic E-state index is 2.38. The molecule has 0 spiro atoms. The van der Waals surface area contributed by atoms with Crippen molar-refractivity contribution in [3.8, 4) is 0 Å². The maximum Gasteiger partial charge on any atom is -0.00202 e. The van der Waals surface area contributed by atoms with Crippen LogP contribution in [0.3, 0.4) is 0 Å². The highest BCUT2D eigenvalue weighted by Gasteiger charge is 2.10. The van der Waals surface area contributed by atoms with Gasteiger partial charge in [0, 0.05) is 0 Å². The van der Waals surface area contributed by atoms with Crippen molar-refractivity contribution in [1.29, 1.82) is 0 Å². The van der Waals surface area contributed by atoms with E-state index in [0.717, 1.165) is 12.8 Å². The van der Waals surface area contributed by atoms with E-state index in [2.05, 4.69) is 85.8 Å². The lowest BCUT2D eigenvalue weighted by atomic mass is 9.89. The van der Waals surface area contributed by atoms with E-state index >= 15 is 0 Å². The summed E-state index contributed by atoms with van der Waals surface area (Å²) in [5.74, 6) is 0. The Hall–Kier alpha value is -2.34. The Labute approximate surface area is 197 Å². The quantitative estimate of drug-likeness (QED) is 0.212. The molecule has 3 rings (SSSR count). The zero-order valence-electron chi connectivity index (χ0n) is 20.2. The zero-order chi connectivity index (χ0) is 22.3. The minimum Gasteiger partial charge on any atom is -0.0654 e. The molecule has 0 saturated carbocycles. The van der Waals surface area contributed by atoms with Crippen LogP contribution in [-0.2, 0) is 19.3 Å². The molecule has 0 nitrogen and oxygen atoms in total. The SMILES string of the molecule is CCCCCCCCCCCCc1cccc(Cc2ccccc2)c1Cc1ccccc1. The van der Waals surface area contributed by atoms with Gasteiger partial charge in [0.15, 0.2) is 0 Å². The number of rotatable bonds is 15. The van der Waals surface area contributed by atoms with Crippen LogP contribution in [0, 0.1) is 0 Å². The van der Waals surface area contributed by atoms with Gasteiger partial charge >= 0.3 is 0 Å². The molecule has 0 unspecified atom stereocenters. The zero-order valence-corrected chi connectivity index (χ0v) is 20.2. The molecule has 0 fully saturated rings. The van der Waals surface area contributed by atoms with Crippen LogP contribution in [0.4, 0.5) is 0 Å². The minimum atomic E-state index is 1.02. The molecule has 0 heterocycles. The number of hydrogen-bond acceptors (Lipinski definition) is 0. The molecule has 3 aromatic carbocycles. The topological polar surface area (TPSA) is 0 Å². The predicted molar refractivity (Wildman–Crippen MR) is 140 cm³/mol. The third-order valence-electron chi connectivity index (χ3n) is 6.63. The first-order valence-corrected chi connectivity index (χ1v) is 13.0. The lowest BCUT2D eigenvalue weighted by molar-refractivity contribution is 0.556. The summed E-state index contributed by atoms with van der Waals surface area (Å²) >= 11 is 0. The molecule has 0 amide bonds. The van der Waals surface area contributed by atoms with Crippen molar-refractivity contribution in [3.05, 3.63) is 107 Å². The van der Waals surface area contributed by atoms with Crippen LogP contribution < -0.4 is 0 Å². The van der Waals surface area contributed by atoms with Crippen LogP contribution in [-0.4, -0.2) is 0 Å². The third kappa shape index (κ3) is 8.65. The average molecular weight is 427 g/mol. The molecule has 0 N–H and O–H groups in total. The maximum atomic E-state index is 2.38. The van der Waals surface area contributed by atoms with E-state index in [1.165, 1.54) is 87.3 Å². The second-order valence-electron chi connectivity index (χ2n) is 9.31. The van der Waals surface area contributed by atoms with E-state index in [9.17, 15) is 0 Å². The molecular weight excluding hydrogens is 384 g/mol. The predicted octanol–water partition coefficient (Wildman–Crippen LogP) is 9.33. The number of hydrogen-bond donors (Lipinski definition) is 0. The Bertz CT molecular complexity index is 863. The van der Waals surface area contributed by atoms with Crippen molar-refractivity contribution >= 4 is 0 Å². The molecule has 0 aliphatic carbocycles. The monoisotopic (exact) mass is 426 g/mol. The van der Waals surface area contributed by atoms with E-state index < -0.39 is 0 Å². The van der Waals surface area contributed by atoms with Crippen molar-refractivity contribution in [2.24, 2.45) is 0 Å². The van der Waals surface area contributed by atoms with Gasteiger partial charge in [-0.3, -0.25) is 0 Å². The van der Waals surface area contributed by atoms with Gasteiger partial charge < -0.3 is 0 Å². The van der Waals surface area contributed by atoms with Crippen molar-refractivity contribution in [1.82, 2.24) is 0 Å².